The zero-order valence-corrected chi connectivity index (χ0v) is 19.1. The molecule has 170 valence electrons. The fraction of sp³-hybridized carbons (Fsp3) is 0.280. The fourth-order valence-corrected chi connectivity index (χ4v) is 6.67. The Labute approximate surface area is 192 Å². The third kappa shape index (κ3) is 4.00. The predicted molar refractivity (Wildman–Crippen MR) is 126 cm³/mol. The molecule has 3 aromatic rings. The Balaban J connectivity index is 1.53. The molecular formula is C25H25N3O4S. The molecule has 1 fully saturated rings. The number of nitrogens with zero attached hydrogens (tertiary/aromatic N) is 2. The number of nitrogens with one attached hydrogen (secondary N) is 1. The molecule has 2 aromatic carbocycles. The Morgan fingerprint density at radius 1 is 0.939 bits per heavy atom. The average Bonchev–Trinajstić information content (AvgIpc) is 2.80. The van der Waals surface area contributed by atoms with Crippen LogP contribution < -0.4 is 10.9 Å². The second kappa shape index (κ2) is 8.28. The fourth-order valence-electron chi connectivity index (χ4n) is 5.09. The van der Waals surface area contributed by atoms with Crippen LogP contribution in [0, 0.1) is 5.92 Å². The summed E-state index contributed by atoms with van der Waals surface area (Å²) >= 11 is 0. The van der Waals surface area contributed by atoms with E-state index in [9.17, 15) is 18.0 Å². The summed E-state index contributed by atoms with van der Waals surface area (Å²) < 4.78 is 30.0. The molecule has 0 aliphatic carbocycles. The van der Waals surface area contributed by atoms with E-state index < -0.39 is 10.0 Å². The Morgan fingerprint density at radius 3 is 2.36 bits per heavy atom. The Kier molecular flexibility index (Phi) is 5.42. The maximum absolute atomic E-state index is 13.3. The van der Waals surface area contributed by atoms with Crippen LogP contribution in [0.2, 0.25) is 0 Å². The maximum Gasteiger partial charge on any atom is 0.250 e. The minimum absolute atomic E-state index is 0.0577. The third-order valence-corrected chi connectivity index (χ3v) is 8.30. The van der Waals surface area contributed by atoms with Gasteiger partial charge in [0, 0.05) is 55.5 Å². The molecule has 3 heterocycles. The first kappa shape index (κ1) is 21.6. The van der Waals surface area contributed by atoms with Crippen molar-refractivity contribution in [1.29, 1.82) is 0 Å². The number of fused-ring (bicyclic) bond motifs is 4. The van der Waals surface area contributed by atoms with Gasteiger partial charge in [0.15, 0.2) is 0 Å². The summed E-state index contributed by atoms with van der Waals surface area (Å²) in [5.74, 6) is -0.126. The number of hydrogen-bond donors (Lipinski definition) is 1. The lowest BCUT2D eigenvalue weighted by Gasteiger charge is -2.42. The Bertz CT molecular complexity index is 1370. The van der Waals surface area contributed by atoms with Gasteiger partial charge in [0.1, 0.15) is 0 Å². The predicted octanol–water partition coefficient (Wildman–Crippen LogP) is 3.28. The van der Waals surface area contributed by atoms with Gasteiger partial charge in [-0.05, 0) is 48.2 Å². The summed E-state index contributed by atoms with van der Waals surface area (Å²) in [4.78, 5) is 24.4. The lowest BCUT2D eigenvalue weighted by Crippen LogP contribution is -2.49. The number of rotatable bonds is 4. The van der Waals surface area contributed by atoms with Crippen molar-refractivity contribution in [3.63, 3.8) is 0 Å². The van der Waals surface area contributed by atoms with Gasteiger partial charge in [-0.25, -0.2) is 8.42 Å². The van der Waals surface area contributed by atoms with Crippen LogP contribution in [0.1, 0.15) is 25.0 Å². The van der Waals surface area contributed by atoms with E-state index in [2.05, 4.69) is 5.32 Å². The highest BCUT2D eigenvalue weighted by molar-refractivity contribution is 7.89. The van der Waals surface area contributed by atoms with E-state index >= 15 is 0 Å². The molecule has 1 amide bonds. The van der Waals surface area contributed by atoms with E-state index in [1.54, 1.807) is 40.7 Å². The van der Waals surface area contributed by atoms with Gasteiger partial charge in [0.2, 0.25) is 15.9 Å². The third-order valence-electron chi connectivity index (χ3n) is 6.45. The molecule has 2 bridgehead atoms. The molecule has 1 saturated heterocycles. The minimum Gasteiger partial charge on any atom is -0.326 e. The van der Waals surface area contributed by atoms with Crippen molar-refractivity contribution in [3.8, 4) is 11.1 Å². The second-order valence-electron chi connectivity index (χ2n) is 8.77. The van der Waals surface area contributed by atoms with Gasteiger partial charge in [-0.3, -0.25) is 9.59 Å². The number of anilines is 1. The van der Waals surface area contributed by atoms with Gasteiger partial charge in [-0.2, -0.15) is 4.31 Å². The number of pyridine rings is 1. The largest absolute Gasteiger partial charge is 0.326 e. The number of carbonyl (C=O) groups excluding carboxylic acids is 1. The highest BCUT2D eigenvalue weighted by Crippen LogP contribution is 2.41. The average molecular weight is 464 g/mol. The van der Waals surface area contributed by atoms with Gasteiger partial charge in [-0.15, -0.1) is 0 Å². The van der Waals surface area contributed by atoms with E-state index in [0.717, 1.165) is 23.2 Å². The molecule has 33 heavy (non-hydrogen) atoms. The van der Waals surface area contributed by atoms with Crippen molar-refractivity contribution in [2.75, 3.05) is 18.4 Å². The number of piperidine rings is 1. The lowest BCUT2D eigenvalue weighted by molar-refractivity contribution is -0.114. The van der Waals surface area contributed by atoms with E-state index in [4.69, 9.17) is 0 Å². The molecule has 2 atom stereocenters. The number of carbonyl (C=O) groups is 1. The first-order valence-corrected chi connectivity index (χ1v) is 12.4. The Hall–Kier alpha value is -3.23. The van der Waals surface area contributed by atoms with E-state index in [-0.39, 0.29) is 23.3 Å². The second-order valence-corrected chi connectivity index (χ2v) is 10.7. The zero-order chi connectivity index (χ0) is 23.2. The monoisotopic (exact) mass is 463 g/mol. The molecule has 0 unspecified atom stereocenters. The topological polar surface area (TPSA) is 88.5 Å². The van der Waals surface area contributed by atoms with Gasteiger partial charge in [-0.1, -0.05) is 30.3 Å². The van der Waals surface area contributed by atoms with E-state index in [1.165, 1.54) is 6.92 Å². The molecule has 0 radical (unpaired) electrons. The van der Waals surface area contributed by atoms with Gasteiger partial charge >= 0.3 is 0 Å². The number of aromatic nitrogens is 1. The van der Waals surface area contributed by atoms with Gasteiger partial charge in [0.25, 0.3) is 5.56 Å². The summed E-state index contributed by atoms with van der Waals surface area (Å²) in [6, 6.07) is 19.4. The highest BCUT2D eigenvalue weighted by Gasteiger charge is 2.40. The van der Waals surface area contributed by atoms with Crippen molar-refractivity contribution < 1.29 is 13.2 Å². The normalized spacial score (nSPS) is 20.2. The van der Waals surface area contributed by atoms with Crippen molar-refractivity contribution in [3.05, 3.63) is 82.8 Å². The minimum atomic E-state index is -3.61. The summed E-state index contributed by atoms with van der Waals surface area (Å²) in [5, 5.41) is 2.76. The van der Waals surface area contributed by atoms with Crippen LogP contribution in [0.3, 0.4) is 0 Å². The smallest absolute Gasteiger partial charge is 0.250 e. The molecule has 5 rings (SSSR count). The molecule has 2 aliphatic heterocycles. The summed E-state index contributed by atoms with van der Waals surface area (Å²) in [6.45, 7) is 2.72. The SMILES string of the molecule is CC(=O)Nc1ccc(-c2ccc(=O)n3c2[C@H]2C[C@@H](CN(S(=O)(=O)c4ccccc4)C2)C3)cc1. The van der Waals surface area contributed by atoms with Gasteiger partial charge < -0.3 is 9.88 Å². The van der Waals surface area contributed by atoms with Crippen LogP contribution in [0.25, 0.3) is 11.1 Å². The standard InChI is InChI=1S/C25H25N3O4S/c1-17(29)26-21-9-7-19(8-10-21)23-11-12-24(30)28-15-18-13-20(25(23)28)16-27(14-18)33(31,32)22-5-3-2-4-6-22/h2-12,18,20H,13-16H2,1H3,(H,26,29)/t18-,20-/m0/s1. The van der Waals surface area contributed by atoms with Crippen molar-refractivity contribution in [1.82, 2.24) is 8.87 Å². The molecule has 7 nitrogen and oxygen atoms in total. The van der Waals surface area contributed by atoms with Crippen LogP contribution in [0.15, 0.2) is 76.4 Å². The molecule has 0 saturated carbocycles. The summed E-state index contributed by atoms with van der Waals surface area (Å²) in [5.41, 5.74) is 3.38. The van der Waals surface area contributed by atoms with Crippen molar-refractivity contribution in [2.24, 2.45) is 5.92 Å². The molecule has 1 N–H and O–H groups in total. The van der Waals surface area contributed by atoms with Crippen LogP contribution >= 0.6 is 0 Å². The van der Waals surface area contributed by atoms with Crippen molar-refractivity contribution in [2.45, 2.75) is 30.7 Å². The van der Waals surface area contributed by atoms with Gasteiger partial charge in [0.05, 0.1) is 4.90 Å². The van der Waals surface area contributed by atoms with Crippen LogP contribution in [-0.2, 0) is 21.4 Å². The highest BCUT2D eigenvalue weighted by atomic mass is 32.2. The molecule has 8 heteroatoms. The number of hydrogen-bond acceptors (Lipinski definition) is 4. The molecule has 1 aromatic heterocycles. The van der Waals surface area contributed by atoms with Crippen LogP contribution in [-0.4, -0.2) is 36.3 Å². The first-order valence-electron chi connectivity index (χ1n) is 11.0. The molecular weight excluding hydrogens is 438 g/mol. The molecule has 2 aliphatic rings. The number of sulfonamides is 1. The molecule has 0 spiro atoms. The number of benzene rings is 2. The van der Waals surface area contributed by atoms with E-state index in [1.807, 2.05) is 34.9 Å². The van der Waals surface area contributed by atoms with Crippen molar-refractivity contribution >= 4 is 21.6 Å². The van der Waals surface area contributed by atoms with Crippen LogP contribution in [0.5, 0.6) is 0 Å². The van der Waals surface area contributed by atoms with E-state index in [0.29, 0.717) is 30.2 Å². The maximum atomic E-state index is 13.3. The zero-order valence-electron chi connectivity index (χ0n) is 18.3. The first-order chi connectivity index (χ1) is 15.8. The quantitative estimate of drug-likeness (QED) is 0.643. The van der Waals surface area contributed by atoms with Crippen LogP contribution in [0.4, 0.5) is 5.69 Å². The Morgan fingerprint density at radius 2 is 1.67 bits per heavy atom. The summed E-state index contributed by atoms with van der Waals surface area (Å²) in [6.07, 6.45) is 0.848. The summed E-state index contributed by atoms with van der Waals surface area (Å²) in [7, 11) is -3.61. The number of amides is 1. The lowest BCUT2D eigenvalue weighted by atomic mass is 9.81.